The van der Waals surface area contributed by atoms with Crippen LogP contribution in [0.4, 0.5) is 0 Å². The number of rotatable bonds is 5. The molecule has 0 radical (unpaired) electrons. The van der Waals surface area contributed by atoms with Gasteiger partial charge in [-0.1, -0.05) is 25.7 Å². The van der Waals surface area contributed by atoms with Gasteiger partial charge >= 0.3 is 0 Å². The molecule has 0 aromatic heterocycles. The van der Waals surface area contributed by atoms with E-state index in [0.29, 0.717) is 6.54 Å². The molecule has 0 bridgehead atoms. The highest BCUT2D eigenvalue weighted by Gasteiger charge is 2.23. The second kappa shape index (κ2) is 7.39. The molecular weight excluding hydrogens is 204 g/mol. The van der Waals surface area contributed by atoms with Gasteiger partial charge in [-0.15, -0.1) is 0 Å². The van der Waals surface area contributed by atoms with E-state index < -0.39 is 0 Å². The first-order valence-electron chi connectivity index (χ1n) is 6.17. The first kappa shape index (κ1) is 13.2. The first-order chi connectivity index (χ1) is 7.79. The number of nitrogens with zero attached hydrogens (tertiary/aromatic N) is 1. The van der Waals surface area contributed by atoms with Crippen LogP contribution < -0.4 is 5.32 Å². The number of hydrogen-bond donors (Lipinski definition) is 1. The Labute approximate surface area is 97.4 Å². The summed E-state index contributed by atoms with van der Waals surface area (Å²) in [5.41, 5.74) is 0. The Hall–Kier alpha value is -0.900. The topological polar surface area (TPSA) is 49.4 Å². The fraction of sp³-hybridized carbons (Fsp3) is 0.833. The fourth-order valence-corrected chi connectivity index (χ4v) is 2.36. The normalized spacial score (nSPS) is 17.8. The van der Waals surface area contributed by atoms with Gasteiger partial charge in [0.25, 0.3) is 0 Å². The van der Waals surface area contributed by atoms with Gasteiger partial charge in [0.2, 0.25) is 5.91 Å². The summed E-state index contributed by atoms with van der Waals surface area (Å²) in [5.74, 6) is 0.0431. The van der Waals surface area contributed by atoms with Gasteiger partial charge in [-0.05, 0) is 19.9 Å². The number of amides is 1. The maximum Gasteiger partial charge on any atom is 0.237 e. The molecule has 1 saturated carbocycles. The van der Waals surface area contributed by atoms with E-state index in [4.69, 9.17) is 0 Å². The van der Waals surface area contributed by atoms with Gasteiger partial charge < -0.3 is 15.0 Å². The van der Waals surface area contributed by atoms with Crippen molar-refractivity contribution in [2.45, 2.75) is 44.6 Å². The maximum atomic E-state index is 11.8. The Balaban J connectivity index is 2.58. The van der Waals surface area contributed by atoms with Gasteiger partial charge in [-0.3, -0.25) is 4.79 Å². The lowest BCUT2D eigenvalue weighted by atomic mass is 10.1. The molecule has 4 nitrogen and oxygen atoms in total. The predicted octanol–water partition coefficient (Wildman–Crippen LogP) is 0.956. The van der Waals surface area contributed by atoms with E-state index in [1.54, 1.807) is 11.9 Å². The number of hydrogen-bond acceptors (Lipinski definition) is 3. The first-order valence-corrected chi connectivity index (χ1v) is 6.17. The molecule has 0 aromatic carbocycles. The van der Waals surface area contributed by atoms with Crippen LogP contribution in [0.25, 0.3) is 0 Å². The summed E-state index contributed by atoms with van der Waals surface area (Å²) in [7, 11) is 1.75. The van der Waals surface area contributed by atoms with Crippen molar-refractivity contribution in [2.24, 2.45) is 0 Å². The molecule has 0 aliphatic heterocycles. The molecule has 1 amide bonds. The molecule has 1 aliphatic carbocycles. The molecule has 1 rings (SSSR count). The lowest BCUT2D eigenvalue weighted by Crippen LogP contribution is -2.44. The summed E-state index contributed by atoms with van der Waals surface area (Å²) in [5, 5.41) is 2.85. The zero-order valence-electron chi connectivity index (χ0n) is 10.1. The summed E-state index contributed by atoms with van der Waals surface area (Å²) in [4.78, 5) is 24.2. The van der Waals surface area contributed by atoms with Crippen LogP contribution in [0.1, 0.15) is 38.5 Å². The maximum absolute atomic E-state index is 11.8. The molecule has 0 saturated heterocycles. The number of aldehydes is 1. The number of carbonyl (C=O) groups is 2. The minimum Gasteiger partial charge on any atom is -0.332 e. The zero-order valence-corrected chi connectivity index (χ0v) is 10.1. The van der Waals surface area contributed by atoms with Crippen LogP contribution in [0.15, 0.2) is 0 Å². The smallest absolute Gasteiger partial charge is 0.237 e. The van der Waals surface area contributed by atoms with Gasteiger partial charge in [0, 0.05) is 6.04 Å². The molecule has 0 atom stereocenters. The lowest BCUT2D eigenvalue weighted by molar-refractivity contribution is -0.134. The summed E-state index contributed by atoms with van der Waals surface area (Å²) >= 11 is 0. The van der Waals surface area contributed by atoms with Crippen molar-refractivity contribution in [3.8, 4) is 0 Å². The molecule has 1 aliphatic rings. The second-order valence-corrected chi connectivity index (χ2v) is 4.39. The third kappa shape index (κ3) is 3.93. The minimum atomic E-state index is 0.0431. The van der Waals surface area contributed by atoms with Crippen molar-refractivity contribution in [1.82, 2.24) is 10.2 Å². The lowest BCUT2D eigenvalue weighted by Gasteiger charge is -2.29. The van der Waals surface area contributed by atoms with E-state index in [9.17, 15) is 9.59 Å². The van der Waals surface area contributed by atoms with E-state index in [2.05, 4.69) is 5.32 Å². The highest BCUT2D eigenvalue weighted by Crippen LogP contribution is 2.21. The van der Waals surface area contributed by atoms with E-state index >= 15 is 0 Å². The van der Waals surface area contributed by atoms with Crippen molar-refractivity contribution < 1.29 is 9.59 Å². The molecule has 4 heteroatoms. The van der Waals surface area contributed by atoms with Crippen molar-refractivity contribution in [3.63, 3.8) is 0 Å². The van der Waals surface area contributed by atoms with Gasteiger partial charge in [0.15, 0.2) is 0 Å². The molecule has 92 valence electrons. The summed E-state index contributed by atoms with van der Waals surface area (Å²) in [6.45, 7) is 0.565. The van der Waals surface area contributed by atoms with E-state index in [1.807, 2.05) is 0 Å². The Morgan fingerprint density at radius 1 is 1.31 bits per heavy atom. The average Bonchev–Trinajstić information content (AvgIpc) is 2.54. The Morgan fingerprint density at radius 2 is 1.94 bits per heavy atom. The quantitative estimate of drug-likeness (QED) is 0.561. The highest BCUT2D eigenvalue weighted by atomic mass is 16.2. The second-order valence-electron chi connectivity index (χ2n) is 4.39. The van der Waals surface area contributed by atoms with Crippen molar-refractivity contribution >= 4 is 12.2 Å². The molecule has 0 unspecified atom stereocenters. The average molecular weight is 226 g/mol. The van der Waals surface area contributed by atoms with Crippen LogP contribution in [0.2, 0.25) is 0 Å². The van der Waals surface area contributed by atoms with E-state index in [0.717, 1.165) is 19.1 Å². The third-order valence-corrected chi connectivity index (χ3v) is 3.19. The Bertz CT molecular complexity index is 223. The molecule has 0 aromatic rings. The molecule has 0 spiro atoms. The number of nitrogens with one attached hydrogen (secondary N) is 1. The van der Waals surface area contributed by atoms with E-state index in [1.165, 1.54) is 25.7 Å². The minimum absolute atomic E-state index is 0.0431. The monoisotopic (exact) mass is 226 g/mol. The highest BCUT2D eigenvalue weighted by molar-refractivity contribution is 5.80. The SMILES string of the molecule is CNCC(=O)N(CC=O)C1CCCCCC1. The van der Waals surface area contributed by atoms with Gasteiger partial charge in [0.1, 0.15) is 6.29 Å². The summed E-state index contributed by atoms with van der Waals surface area (Å²) in [6.07, 6.45) is 7.78. The van der Waals surface area contributed by atoms with Gasteiger partial charge in [-0.2, -0.15) is 0 Å². The third-order valence-electron chi connectivity index (χ3n) is 3.19. The number of likely N-dealkylation sites (N-methyl/N-ethyl adjacent to an activating group) is 1. The molecule has 0 heterocycles. The number of carbonyl (C=O) groups excluding carboxylic acids is 2. The largest absolute Gasteiger partial charge is 0.332 e. The molecule has 1 N–H and O–H groups in total. The van der Waals surface area contributed by atoms with Crippen molar-refractivity contribution in [2.75, 3.05) is 20.1 Å². The van der Waals surface area contributed by atoms with E-state index in [-0.39, 0.29) is 18.5 Å². The van der Waals surface area contributed by atoms with Crippen LogP contribution in [0.5, 0.6) is 0 Å². The predicted molar refractivity (Wildman–Crippen MR) is 63.2 cm³/mol. The van der Waals surface area contributed by atoms with Crippen LogP contribution in [-0.2, 0) is 9.59 Å². The molecular formula is C12H22N2O2. The molecule has 16 heavy (non-hydrogen) atoms. The van der Waals surface area contributed by atoms with Crippen molar-refractivity contribution in [3.05, 3.63) is 0 Å². The van der Waals surface area contributed by atoms with Crippen LogP contribution in [0, 0.1) is 0 Å². The Morgan fingerprint density at radius 3 is 2.44 bits per heavy atom. The van der Waals surface area contributed by atoms with Crippen LogP contribution in [0.3, 0.4) is 0 Å². The summed E-state index contributed by atoms with van der Waals surface area (Å²) in [6, 6.07) is 0.272. The van der Waals surface area contributed by atoms with Crippen LogP contribution in [-0.4, -0.2) is 43.3 Å². The Kier molecular flexibility index (Phi) is 6.08. The zero-order chi connectivity index (χ0) is 11.8. The standard InChI is InChI=1S/C12H22N2O2/c1-13-10-12(16)14(8-9-15)11-6-4-2-3-5-7-11/h9,11,13H,2-8,10H2,1H3. The molecule has 1 fully saturated rings. The van der Waals surface area contributed by atoms with Crippen molar-refractivity contribution in [1.29, 1.82) is 0 Å². The summed E-state index contributed by atoms with van der Waals surface area (Å²) < 4.78 is 0. The van der Waals surface area contributed by atoms with Gasteiger partial charge in [0.05, 0.1) is 13.1 Å². The van der Waals surface area contributed by atoms with Gasteiger partial charge in [-0.25, -0.2) is 0 Å². The van der Waals surface area contributed by atoms with Crippen LogP contribution >= 0.6 is 0 Å². The fourth-order valence-electron chi connectivity index (χ4n) is 2.36.